The van der Waals surface area contributed by atoms with Crippen LogP contribution in [0.15, 0.2) is 29.6 Å². The number of nitrogens with zero attached hydrogens (tertiary/aromatic N) is 1. The van der Waals surface area contributed by atoms with Crippen molar-refractivity contribution >= 4 is 45.7 Å². The van der Waals surface area contributed by atoms with Crippen LogP contribution < -0.4 is 10.6 Å². The van der Waals surface area contributed by atoms with Crippen LogP contribution in [0, 0.1) is 13.8 Å². The number of nitrogens with one attached hydrogen (secondary N) is 2. The van der Waals surface area contributed by atoms with Gasteiger partial charge in [-0.15, -0.1) is 23.1 Å². The van der Waals surface area contributed by atoms with E-state index in [4.69, 9.17) is 0 Å². The maximum atomic E-state index is 12.0. The van der Waals surface area contributed by atoms with Crippen molar-refractivity contribution in [2.45, 2.75) is 26.0 Å². The molecule has 23 heavy (non-hydrogen) atoms. The molecule has 0 bridgehead atoms. The fourth-order valence-electron chi connectivity index (χ4n) is 1.73. The van der Waals surface area contributed by atoms with E-state index in [1.807, 2.05) is 43.5 Å². The third kappa shape index (κ3) is 5.69. The van der Waals surface area contributed by atoms with Crippen LogP contribution in [-0.2, 0) is 9.59 Å². The van der Waals surface area contributed by atoms with Crippen LogP contribution >= 0.6 is 23.1 Å². The molecular formula is C16H19N3O2S2. The van der Waals surface area contributed by atoms with Gasteiger partial charge in [0.1, 0.15) is 0 Å². The second kappa shape index (κ2) is 8.12. The number of thioether (sulfide) groups is 1. The minimum absolute atomic E-state index is 0.122. The third-order valence-electron chi connectivity index (χ3n) is 3.02. The molecule has 2 aromatic rings. The van der Waals surface area contributed by atoms with Gasteiger partial charge in [-0.25, -0.2) is 4.98 Å². The molecule has 122 valence electrons. The molecule has 1 atom stereocenters. The summed E-state index contributed by atoms with van der Waals surface area (Å²) in [6, 6.07) is 7.60. The van der Waals surface area contributed by atoms with Gasteiger partial charge in [-0.3, -0.25) is 9.59 Å². The zero-order valence-corrected chi connectivity index (χ0v) is 14.9. The quantitative estimate of drug-likeness (QED) is 0.838. The highest BCUT2D eigenvalue weighted by Gasteiger charge is 2.16. The van der Waals surface area contributed by atoms with Gasteiger partial charge < -0.3 is 10.6 Å². The molecule has 2 amide bonds. The first-order valence-electron chi connectivity index (χ1n) is 7.15. The van der Waals surface area contributed by atoms with Crippen LogP contribution in [0.1, 0.15) is 18.2 Å². The Morgan fingerprint density at radius 1 is 1.22 bits per heavy atom. The van der Waals surface area contributed by atoms with Crippen molar-refractivity contribution in [1.29, 1.82) is 0 Å². The van der Waals surface area contributed by atoms with E-state index in [9.17, 15) is 9.59 Å². The fourth-order valence-corrected chi connectivity index (χ4v) is 3.10. The topological polar surface area (TPSA) is 71.1 Å². The highest BCUT2D eigenvalue weighted by atomic mass is 32.2. The highest BCUT2D eigenvalue weighted by molar-refractivity contribution is 8.01. The zero-order valence-electron chi connectivity index (χ0n) is 13.3. The summed E-state index contributed by atoms with van der Waals surface area (Å²) in [7, 11) is 0. The molecule has 7 heteroatoms. The Bertz CT molecular complexity index is 683. The van der Waals surface area contributed by atoms with Crippen LogP contribution in [0.4, 0.5) is 10.8 Å². The molecule has 0 saturated heterocycles. The minimum atomic E-state index is -0.331. The number of carbonyl (C=O) groups is 2. The number of hydrogen-bond acceptors (Lipinski definition) is 5. The third-order valence-corrected chi connectivity index (χ3v) is 5.04. The largest absolute Gasteiger partial charge is 0.325 e. The van der Waals surface area contributed by atoms with Crippen molar-refractivity contribution < 1.29 is 9.59 Å². The van der Waals surface area contributed by atoms with E-state index in [1.165, 1.54) is 23.1 Å². The molecule has 0 spiro atoms. The van der Waals surface area contributed by atoms with Gasteiger partial charge in [0.2, 0.25) is 11.8 Å². The van der Waals surface area contributed by atoms with Crippen molar-refractivity contribution in [3.63, 3.8) is 0 Å². The molecule has 0 fully saturated rings. The second-order valence-corrected chi connectivity index (χ2v) is 7.34. The van der Waals surface area contributed by atoms with Gasteiger partial charge in [-0.1, -0.05) is 17.7 Å². The maximum Gasteiger partial charge on any atom is 0.239 e. The second-order valence-electron chi connectivity index (χ2n) is 5.15. The van der Waals surface area contributed by atoms with E-state index in [0.717, 1.165) is 16.9 Å². The molecule has 1 aromatic heterocycles. The fraction of sp³-hybridized carbons (Fsp3) is 0.312. The summed E-state index contributed by atoms with van der Waals surface area (Å²) in [5, 5.41) is 7.71. The first kappa shape index (κ1) is 17.5. The van der Waals surface area contributed by atoms with Crippen LogP contribution in [0.5, 0.6) is 0 Å². The van der Waals surface area contributed by atoms with Crippen LogP contribution in [-0.4, -0.2) is 27.8 Å². The Hall–Kier alpha value is -1.86. The zero-order chi connectivity index (χ0) is 16.8. The summed E-state index contributed by atoms with van der Waals surface area (Å²) in [5.74, 6) is -0.0459. The minimum Gasteiger partial charge on any atom is -0.325 e. The number of aryl methyl sites for hydroxylation is 2. The maximum absolute atomic E-state index is 12.0. The predicted octanol–water partition coefficient (Wildman–Crippen LogP) is 3.46. The van der Waals surface area contributed by atoms with Gasteiger partial charge in [0.05, 0.1) is 16.7 Å². The van der Waals surface area contributed by atoms with Crippen molar-refractivity contribution in [3.8, 4) is 0 Å². The summed E-state index contributed by atoms with van der Waals surface area (Å²) in [4.78, 5) is 28.1. The number of thiazole rings is 1. The number of rotatable bonds is 6. The SMILES string of the molecule is Cc1ccc(NC(=O)CSC(C)C(=O)Nc2nc(C)cs2)cc1. The molecule has 1 heterocycles. The number of amides is 2. The lowest BCUT2D eigenvalue weighted by Gasteiger charge is -2.10. The van der Waals surface area contributed by atoms with E-state index >= 15 is 0 Å². The van der Waals surface area contributed by atoms with E-state index in [-0.39, 0.29) is 22.8 Å². The molecule has 0 aliphatic rings. The Morgan fingerprint density at radius 3 is 2.52 bits per heavy atom. The number of aromatic nitrogens is 1. The Balaban J connectivity index is 1.76. The molecule has 2 rings (SSSR count). The predicted molar refractivity (Wildman–Crippen MR) is 97.2 cm³/mol. The lowest BCUT2D eigenvalue weighted by Crippen LogP contribution is -2.25. The monoisotopic (exact) mass is 349 g/mol. The van der Waals surface area contributed by atoms with Crippen LogP contribution in [0.25, 0.3) is 0 Å². The van der Waals surface area contributed by atoms with Crippen molar-refractivity contribution in [3.05, 3.63) is 40.9 Å². The van der Waals surface area contributed by atoms with E-state index in [0.29, 0.717) is 5.13 Å². The highest BCUT2D eigenvalue weighted by Crippen LogP contribution is 2.18. The first-order valence-corrected chi connectivity index (χ1v) is 9.08. The van der Waals surface area contributed by atoms with E-state index in [2.05, 4.69) is 15.6 Å². The summed E-state index contributed by atoms with van der Waals surface area (Å²) >= 11 is 2.68. The standard InChI is InChI=1S/C16H19N3O2S2/c1-10-4-6-13(7-5-10)18-14(20)9-22-12(3)15(21)19-16-17-11(2)8-23-16/h4-8,12H,9H2,1-3H3,(H,18,20)(H,17,19,21). The smallest absolute Gasteiger partial charge is 0.239 e. The van der Waals surface area contributed by atoms with Crippen molar-refractivity contribution in [1.82, 2.24) is 4.98 Å². The average molecular weight is 349 g/mol. The molecule has 1 unspecified atom stereocenters. The molecule has 2 N–H and O–H groups in total. The van der Waals surface area contributed by atoms with Crippen molar-refractivity contribution in [2.24, 2.45) is 0 Å². The lowest BCUT2D eigenvalue weighted by atomic mass is 10.2. The molecule has 5 nitrogen and oxygen atoms in total. The Morgan fingerprint density at radius 2 is 1.91 bits per heavy atom. The van der Waals surface area contributed by atoms with Gasteiger partial charge in [-0.05, 0) is 32.9 Å². The molecule has 0 radical (unpaired) electrons. The number of benzene rings is 1. The van der Waals surface area contributed by atoms with Crippen molar-refractivity contribution in [2.75, 3.05) is 16.4 Å². The number of carbonyl (C=O) groups excluding carboxylic acids is 2. The Labute approximate surface area is 143 Å². The van der Waals surface area contributed by atoms with Gasteiger partial charge in [-0.2, -0.15) is 0 Å². The molecule has 1 aromatic carbocycles. The molecule has 0 aliphatic carbocycles. The summed E-state index contributed by atoms with van der Waals surface area (Å²) in [6.07, 6.45) is 0. The summed E-state index contributed by atoms with van der Waals surface area (Å²) in [6.45, 7) is 5.64. The Kier molecular flexibility index (Phi) is 6.18. The van der Waals surface area contributed by atoms with E-state index < -0.39 is 0 Å². The van der Waals surface area contributed by atoms with Gasteiger partial charge in [0.15, 0.2) is 5.13 Å². The normalized spacial score (nSPS) is 11.8. The number of hydrogen-bond donors (Lipinski definition) is 2. The molecular weight excluding hydrogens is 330 g/mol. The van der Waals surface area contributed by atoms with Crippen LogP contribution in [0.2, 0.25) is 0 Å². The van der Waals surface area contributed by atoms with Gasteiger partial charge >= 0.3 is 0 Å². The lowest BCUT2D eigenvalue weighted by molar-refractivity contribution is -0.115. The van der Waals surface area contributed by atoms with Gasteiger partial charge in [0.25, 0.3) is 0 Å². The van der Waals surface area contributed by atoms with Gasteiger partial charge in [0, 0.05) is 11.1 Å². The van der Waals surface area contributed by atoms with Crippen LogP contribution in [0.3, 0.4) is 0 Å². The molecule has 0 aliphatic heterocycles. The number of anilines is 2. The average Bonchev–Trinajstić information content (AvgIpc) is 2.92. The summed E-state index contributed by atoms with van der Waals surface area (Å²) in [5.41, 5.74) is 2.78. The molecule has 0 saturated carbocycles. The van der Waals surface area contributed by atoms with E-state index in [1.54, 1.807) is 6.92 Å². The first-order chi connectivity index (χ1) is 10.9. The summed E-state index contributed by atoms with van der Waals surface area (Å²) < 4.78 is 0.